The molecule has 0 atom stereocenters. The summed E-state index contributed by atoms with van der Waals surface area (Å²) in [7, 11) is 3.44. The molecule has 0 radical (unpaired) electrons. The molecule has 0 bridgehead atoms. The van der Waals surface area contributed by atoms with E-state index >= 15 is 0 Å². The van der Waals surface area contributed by atoms with Crippen molar-refractivity contribution in [2.45, 2.75) is 38.6 Å². The summed E-state index contributed by atoms with van der Waals surface area (Å²) >= 11 is 6.32. The van der Waals surface area contributed by atoms with Gasteiger partial charge in [-0.05, 0) is 44.9 Å². The minimum absolute atomic E-state index is 0. The maximum atomic E-state index is 6.32. The van der Waals surface area contributed by atoms with Gasteiger partial charge in [-0.2, -0.15) is 0 Å². The van der Waals surface area contributed by atoms with Crippen LogP contribution in [0.15, 0.2) is 27.6 Å². The fourth-order valence-electron chi connectivity index (χ4n) is 3.65. The Bertz CT molecular complexity index is 846. The molecule has 1 aliphatic heterocycles. The Morgan fingerprint density at radius 3 is 2.60 bits per heavy atom. The second-order valence-corrected chi connectivity index (χ2v) is 7.70. The van der Waals surface area contributed by atoms with Crippen molar-refractivity contribution in [2.24, 2.45) is 4.99 Å². The van der Waals surface area contributed by atoms with Crippen molar-refractivity contribution < 1.29 is 13.9 Å². The molecule has 0 amide bonds. The number of halogens is 2. The zero-order valence-corrected chi connectivity index (χ0v) is 21.0. The van der Waals surface area contributed by atoms with Crippen LogP contribution in [0.2, 0.25) is 5.02 Å². The standard InChI is InChI=1S/C21H29ClN4O3.HI/c1-14-15(2)29-19(26-14)12-24-20(23-3)25-13-21(7-9-28-10-8-21)17-11-16(22)5-6-18(17)27-4;/h5-6,11H,7-10,12-13H2,1-4H3,(H2,23,24,25);1H. The number of aromatic nitrogens is 1. The molecule has 9 heteroatoms. The van der Waals surface area contributed by atoms with Crippen LogP contribution >= 0.6 is 35.6 Å². The van der Waals surface area contributed by atoms with Crippen molar-refractivity contribution in [3.63, 3.8) is 0 Å². The van der Waals surface area contributed by atoms with E-state index in [4.69, 9.17) is 25.5 Å². The van der Waals surface area contributed by atoms with Gasteiger partial charge in [0.15, 0.2) is 5.96 Å². The number of aryl methyl sites for hydroxylation is 2. The number of benzene rings is 1. The number of nitrogens with zero attached hydrogens (tertiary/aromatic N) is 2. The number of hydrogen-bond acceptors (Lipinski definition) is 5. The molecule has 2 aromatic rings. The van der Waals surface area contributed by atoms with Crippen LogP contribution in [0.25, 0.3) is 0 Å². The fourth-order valence-corrected chi connectivity index (χ4v) is 3.82. The van der Waals surface area contributed by atoms with Crippen LogP contribution in [0.3, 0.4) is 0 Å². The van der Waals surface area contributed by atoms with Crippen molar-refractivity contribution >= 4 is 41.5 Å². The topological polar surface area (TPSA) is 80.9 Å². The minimum Gasteiger partial charge on any atom is -0.496 e. The van der Waals surface area contributed by atoms with Crippen LogP contribution in [0.1, 0.15) is 35.7 Å². The largest absolute Gasteiger partial charge is 0.496 e. The number of ether oxygens (including phenoxy) is 2. The third-order valence-electron chi connectivity index (χ3n) is 5.48. The number of aliphatic imine (C=N–C) groups is 1. The van der Waals surface area contributed by atoms with Gasteiger partial charge in [-0.25, -0.2) is 4.98 Å². The van der Waals surface area contributed by atoms with Crippen molar-refractivity contribution in [1.82, 2.24) is 15.6 Å². The molecule has 1 fully saturated rings. The number of oxazole rings is 1. The van der Waals surface area contributed by atoms with Crippen LogP contribution in [-0.4, -0.2) is 44.9 Å². The Morgan fingerprint density at radius 1 is 1.27 bits per heavy atom. The van der Waals surface area contributed by atoms with E-state index in [1.54, 1.807) is 14.2 Å². The maximum Gasteiger partial charge on any atom is 0.214 e. The van der Waals surface area contributed by atoms with Crippen molar-refractivity contribution in [2.75, 3.05) is 33.9 Å². The molecule has 3 rings (SSSR count). The summed E-state index contributed by atoms with van der Waals surface area (Å²) in [6.07, 6.45) is 1.73. The van der Waals surface area contributed by atoms with Crippen LogP contribution in [-0.2, 0) is 16.7 Å². The molecule has 30 heavy (non-hydrogen) atoms. The molecule has 2 heterocycles. The Morgan fingerprint density at radius 2 is 2.00 bits per heavy atom. The number of hydrogen-bond donors (Lipinski definition) is 2. The smallest absolute Gasteiger partial charge is 0.214 e. The first kappa shape index (κ1) is 24.7. The van der Waals surface area contributed by atoms with Gasteiger partial charge in [0.25, 0.3) is 0 Å². The fraction of sp³-hybridized carbons (Fsp3) is 0.524. The lowest BCUT2D eigenvalue weighted by Gasteiger charge is -2.39. The summed E-state index contributed by atoms with van der Waals surface area (Å²) in [5.74, 6) is 3.00. The normalized spacial score (nSPS) is 16.0. The summed E-state index contributed by atoms with van der Waals surface area (Å²) in [6, 6.07) is 5.78. The molecule has 7 nitrogen and oxygen atoms in total. The Labute approximate surface area is 200 Å². The first-order valence-electron chi connectivity index (χ1n) is 9.76. The quantitative estimate of drug-likeness (QED) is 0.323. The van der Waals surface area contributed by atoms with Gasteiger partial charge in [0.2, 0.25) is 5.89 Å². The average Bonchev–Trinajstić information content (AvgIpc) is 3.06. The first-order chi connectivity index (χ1) is 14.0. The van der Waals surface area contributed by atoms with Gasteiger partial charge >= 0.3 is 0 Å². The van der Waals surface area contributed by atoms with E-state index in [1.807, 2.05) is 32.0 Å². The second kappa shape index (κ2) is 11.2. The second-order valence-electron chi connectivity index (χ2n) is 7.27. The van der Waals surface area contributed by atoms with E-state index in [9.17, 15) is 0 Å². The molecule has 1 aromatic carbocycles. The molecule has 0 saturated carbocycles. The molecule has 1 aromatic heterocycles. The number of nitrogens with one attached hydrogen (secondary N) is 2. The Balaban J connectivity index is 0.00000320. The average molecular weight is 549 g/mol. The van der Waals surface area contributed by atoms with Crippen LogP contribution < -0.4 is 15.4 Å². The highest BCUT2D eigenvalue weighted by Gasteiger charge is 2.37. The van der Waals surface area contributed by atoms with E-state index < -0.39 is 0 Å². The van der Waals surface area contributed by atoms with Gasteiger partial charge < -0.3 is 24.5 Å². The minimum atomic E-state index is -0.164. The molecular formula is C21H30ClIN4O3. The third kappa shape index (κ3) is 5.79. The number of methoxy groups -OCH3 is 1. The lowest BCUT2D eigenvalue weighted by molar-refractivity contribution is 0.0505. The predicted octanol–water partition coefficient (Wildman–Crippen LogP) is 3.98. The number of guanidine groups is 1. The molecule has 0 spiro atoms. The summed E-state index contributed by atoms with van der Waals surface area (Å²) in [5, 5.41) is 7.42. The number of rotatable bonds is 6. The molecule has 2 N–H and O–H groups in total. The van der Waals surface area contributed by atoms with Gasteiger partial charge in [0.1, 0.15) is 11.5 Å². The summed E-state index contributed by atoms with van der Waals surface area (Å²) in [4.78, 5) is 8.74. The highest BCUT2D eigenvalue weighted by Crippen LogP contribution is 2.40. The summed E-state index contributed by atoms with van der Waals surface area (Å²) in [6.45, 7) is 6.37. The molecule has 0 unspecified atom stereocenters. The van der Waals surface area contributed by atoms with E-state index in [2.05, 4.69) is 20.6 Å². The predicted molar refractivity (Wildman–Crippen MR) is 129 cm³/mol. The van der Waals surface area contributed by atoms with E-state index in [0.717, 1.165) is 35.6 Å². The lowest BCUT2D eigenvalue weighted by Crippen LogP contribution is -2.48. The third-order valence-corrected chi connectivity index (χ3v) is 5.72. The van der Waals surface area contributed by atoms with Crippen molar-refractivity contribution in [3.8, 4) is 5.75 Å². The Hall–Kier alpha value is -1.52. The van der Waals surface area contributed by atoms with Crippen LogP contribution in [0.4, 0.5) is 0 Å². The van der Waals surface area contributed by atoms with E-state index in [0.29, 0.717) is 43.2 Å². The molecule has 1 saturated heterocycles. The zero-order valence-electron chi connectivity index (χ0n) is 17.9. The van der Waals surface area contributed by atoms with Gasteiger partial charge in [-0.15, -0.1) is 24.0 Å². The highest BCUT2D eigenvalue weighted by molar-refractivity contribution is 14.0. The molecule has 1 aliphatic rings. The van der Waals surface area contributed by atoms with Crippen molar-refractivity contribution in [1.29, 1.82) is 0 Å². The van der Waals surface area contributed by atoms with Gasteiger partial charge in [0.05, 0.1) is 19.3 Å². The first-order valence-corrected chi connectivity index (χ1v) is 10.1. The van der Waals surface area contributed by atoms with E-state index in [-0.39, 0.29) is 29.4 Å². The molecule has 166 valence electrons. The van der Waals surface area contributed by atoms with Gasteiger partial charge in [0, 0.05) is 42.8 Å². The van der Waals surface area contributed by atoms with Gasteiger partial charge in [-0.3, -0.25) is 4.99 Å². The zero-order chi connectivity index (χ0) is 20.9. The molecule has 0 aliphatic carbocycles. The lowest BCUT2D eigenvalue weighted by atomic mass is 9.73. The van der Waals surface area contributed by atoms with Crippen molar-refractivity contribution in [3.05, 3.63) is 46.1 Å². The Kier molecular flexibility index (Phi) is 9.24. The monoisotopic (exact) mass is 548 g/mol. The summed E-state index contributed by atoms with van der Waals surface area (Å²) in [5.41, 5.74) is 1.83. The highest BCUT2D eigenvalue weighted by atomic mass is 127. The summed E-state index contributed by atoms with van der Waals surface area (Å²) < 4.78 is 16.9. The molecular weight excluding hydrogens is 519 g/mol. The van der Waals surface area contributed by atoms with E-state index in [1.165, 1.54) is 0 Å². The van der Waals surface area contributed by atoms with Gasteiger partial charge in [-0.1, -0.05) is 11.6 Å². The van der Waals surface area contributed by atoms with Crippen LogP contribution in [0, 0.1) is 13.8 Å². The SMILES string of the molecule is CN=C(NCc1nc(C)c(C)o1)NCC1(c2cc(Cl)ccc2OC)CCOCC1.I. The van der Waals surface area contributed by atoms with Crippen LogP contribution in [0.5, 0.6) is 5.75 Å². The maximum absolute atomic E-state index is 6.32.